The Labute approximate surface area is 177 Å². The maximum absolute atomic E-state index is 13.5. The topological polar surface area (TPSA) is 20.3 Å². The minimum absolute atomic E-state index is 0.0710. The summed E-state index contributed by atoms with van der Waals surface area (Å²) in [5.74, 6) is -2.04. The van der Waals surface area contributed by atoms with Gasteiger partial charge in [0, 0.05) is 40.7 Å². The van der Waals surface area contributed by atoms with Crippen molar-refractivity contribution in [3.8, 4) is 0 Å². The number of carbonyl (C=O) groups is 1. The zero-order valence-corrected chi connectivity index (χ0v) is 16.8. The number of Topliss-reactive ketones (excluding diaryl/α,β-unsaturated/α-hetero) is 1. The summed E-state index contributed by atoms with van der Waals surface area (Å²) < 4.78 is 26.9. The molecule has 0 amide bonds. The van der Waals surface area contributed by atoms with Gasteiger partial charge in [0.2, 0.25) is 0 Å². The predicted octanol–water partition coefficient (Wildman–Crippen LogP) is 6.18. The second-order valence-electron chi connectivity index (χ2n) is 7.18. The molecule has 6 heteroatoms. The number of halogens is 4. The zero-order valence-electron chi connectivity index (χ0n) is 15.3. The molecule has 3 aromatic rings. The number of benzene rings is 3. The van der Waals surface area contributed by atoms with Crippen molar-refractivity contribution in [3.05, 3.63) is 105 Å². The molecule has 1 aliphatic rings. The molecule has 0 N–H and O–H groups in total. The second kappa shape index (κ2) is 8.23. The molecule has 1 aliphatic heterocycles. The van der Waals surface area contributed by atoms with Crippen LogP contribution in [0.2, 0.25) is 10.0 Å². The summed E-state index contributed by atoms with van der Waals surface area (Å²) in [6, 6.07) is 18.0. The van der Waals surface area contributed by atoms with E-state index in [1.165, 1.54) is 0 Å². The highest BCUT2D eigenvalue weighted by molar-refractivity contribution is 6.30. The summed E-state index contributed by atoms with van der Waals surface area (Å²) in [5.41, 5.74) is 2.15. The number of nitrogens with zero attached hydrogens (tertiary/aromatic N) is 1. The number of carbonyl (C=O) groups excluding carboxylic acids is 1. The van der Waals surface area contributed by atoms with Crippen molar-refractivity contribution < 1.29 is 13.6 Å². The molecule has 1 fully saturated rings. The highest BCUT2D eigenvalue weighted by Gasteiger charge is 2.38. The average Bonchev–Trinajstić information content (AvgIpc) is 2.65. The maximum Gasteiger partial charge on any atom is 0.168 e. The molecule has 0 bridgehead atoms. The van der Waals surface area contributed by atoms with Crippen LogP contribution in [0.4, 0.5) is 8.78 Å². The Kier molecular flexibility index (Phi) is 5.68. The van der Waals surface area contributed by atoms with Crippen LogP contribution in [0, 0.1) is 17.6 Å². The Morgan fingerprint density at radius 1 is 0.828 bits per heavy atom. The number of hydrogen-bond donors (Lipinski definition) is 0. The van der Waals surface area contributed by atoms with E-state index in [-0.39, 0.29) is 23.3 Å². The predicted molar refractivity (Wildman–Crippen MR) is 110 cm³/mol. The van der Waals surface area contributed by atoms with Gasteiger partial charge in [0.1, 0.15) is 11.6 Å². The number of ketones is 1. The number of rotatable bonds is 5. The zero-order chi connectivity index (χ0) is 20.5. The fourth-order valence-electron chi connectivity index (χ4n) is 3.73. The first kappa shape index (κ1) is 20.0. The monoisotopic (exact) mass is 431 g/mol. The third-order valence-corrected chi connectivity index (χ3v) is 5.67. The molecule has 0 saturated carbocycles. The molecule has 2 nitrogen and oxygen atoms in total. The fraction of sp³-hybridized carbons (Fsp3) is 0.174. The minimum Gasteiger partial charge on any atom is -0.294 e. The number of hydrogen-bond acceptors (Lipinski definition) is 2. The normalized spacial score (nSPS) is 14.8. The van der Waals surface area contributed by atoms with E-state index >= 15 is 0 Å². The summed E-state index contributed by atoms with van der Waals surface area (Å²) in [6.45, 7) is 0.986. The molecule has 0 aliphatic carbocycles. The lowest BCUT2D eigenvalue weighted by molar-refractivity contribution is 0.0502. The molecule has 3 aromatic carbocycles. The van der Waals surface area contributed by atoms with Gasteiger partial charge in [-0.3, -0.25) is 9.69 Å². The Bertz CT molecular complexity index is 966. The third kappa shape index (κ3) is 4.35. The second-order valence-corrected chi connectivity index (χ2v) is 8.05. The Morgan fingerprint density at radius 2 is 1.28 bits per heavy atom. The van der Waals surface area contributed by atoms with E-state index in [9.17, 15) is 13.6 Å². The smallest absolute Gasteiger partial charge is 0.168 e. The molecule has 0 atom stereocenters. The maximum atomic E-state index is 13.5. The van der Waals surface area contributed by atoms with Gasteiger partial charge in [-0.25, -0.2) is 8.78 Å². The lowest BCUT2D eigenvalue weighted by Crippen LogP contribution is -2.52. The van der Waals surface area contributed by atoms with Crippen molar-refractivity contribution in [2.75, 3.05) is 13.1 Å². The summed E-state index contributed by atoms with van der Waals surface area (Å²) >= 11 is 12.1. The van der Waals surface area contributed by atoms with Crippen molar-refractivity contribution in [2.45, 2.75) is 6.04 Å². The van der Waals surface area contributed by atoms with E-state index in [0.29, 0.717) is 23.1 Å². The van der Waals surface area contributed by atoms with E-state index in [2.05, 4.69) is 4.90 Å². The Hall–Kier alpha value is -2.27. The van der Waals surface area contributed by atoms with Crippen molar-refractivity contribution in [1.29, 1.82) is 0 Å². The van der Waals surface area contributed by atoms with E-state index in [1.807, 2.05) is 48.5 Å². The van der Waals surface area contributed by atoms with E-state index in [1.54, 1.807) is 0 Å². The third-order valence-electron chi connectivity index (χ3n) is 5.16. The lowest BCUT2D eigenvalue weighted by atomic mass is 9.86. The van der Waals surface area contributed by atoms with Crippen LogP contribution in [0.25, 0.3) is 0 Å². The van der Waals surface area contributed by atoms with Crippen LogP contribution in [0.3, 0.4) is 0 Å². The summed E-state index contributed by atoms with van der Waals surface area (Å²) in [5, 5.41) is 1.29. The van der Waals surface area contributed by atoms with Gasteiger partial charge in [-0.15, -0.1) is 0 Å². The molecule has 4 rings (SSSR count). The van der Waals surface area contributed by atoms with Gasteiger partial charge in [0.05, 0.1) is 6.04 Å². The molecule has 29 heavy (non-hydrogen) atoms. The molecule has 1 heterocycles. The standard InChI is InChI=1S/C23H17Cl2F2NO/c24-18-5-1-14(2-6-18)22(15-3-7-19(25)8-4-15)28-12-17(13-28)23(29)16-9-20(26)11-21(27)10-16/h1-11,17,22H,12-13H2. The van der Waals surface area contributed by atoms with Gasteiger partial charge in [-0.05, 0) is 47.5 Å². The van der Waals surface area contributed by atoms with Crippen molar-refractivity contribution in [3.63, 3.8) is 0 Å². The van der Waals surface area contributed by atoms with Crippen LogP contribution in [-0.4, -0.2) is 23.8 Å². The first-order valence-electron chi connectivity index (χ1n) is 9.16. The number of likely N-dealkylation sites (tertiary alicyclic amines) is 1. The van der Waals surface area contributed by atoms with Gasteiger partial charge in [0.15, 0.2) is 5.78 Å². The summed E-state index contributed by atoms with van der Waals surface area (Å²) in [6.07, 6.45) is 0. The quantitative estimate of drug-likeness (QED) is 0.449. The van der Waals surface area contributed by atoms with Crippen LogP contribution >= 0.6 is 23.2 Å². The lowest BCUT2D eigenvalue weighted by Gasteiger charge is -2.44. The molecular formula is C23H17Cl2F2NO. The molecule has 0 unspecified atom stereocenters. The Balaban J connectivity index is 1.56. The highest BCUT2D eigenvalue weighted by Crippen LogP contribution is 2.36. The average molecular weight is 432 g/mol. The van der Waals surface area contributed by atoms with Gasteiger partial charge in [-0.1, -0.05) is 47.5 Å². The molecule has 1 saturated heterocycles. The summed E-state index contributed by atoms with van der Waals surface area (Å²) in [7, 11) is 0. The molecule has 0 spiro atoms. The first-order valence-corrected chi connectivity index (χ1v) is 9.91. The Morgan fingerprint density at radius 3 is 1.72 bits per heavy atom. The summed E-state index contributed by atoms with van der Waals surface area (Å²) in [4.78, 5) is 14.8. The molecule has 0 aromatic heterocycles. The van der Waals surface area contributed by atoms with Gasteiger partial charge in [0.25, 0.3) is 0 Å². The van der Waals surface area contributed by atoms with Crippen LogP contribution in [0.5, 0.6) is 0 Å². The highest BCUT2D eigenvalue weighted by atomic mass is 35.5. The van der Waals surface area contributed by atoms with Crippen molar-refractivity contribution >= 4 is 29.0 Å². The molecule has 0 radical (unpaired) electrons. The SMILES string of the molecule is O=C(c1cc(F)cc(F)c1)C1CN(C(c2ccc(Cl)cc2)c2ccc(Cl)cc2)C1. The largest absolute Gasteiger partial charge is 0.294 e. The van der Waals surface area contributed by atoms with E-state index in [0.717, 1.165) is 29.3 Å². The first-order chi connectivity index (χ1) is 13.9. The van der Waals surface area contributed by atoms with Crippen LogP contribution < -0.4 is 0 Å². The molecule has 148 valence electrons. The van der Waals surface area contributed by atoms with Crippen molar-refractivity contribution in [2.24, 2.45) is 5.92 Å². The van der Waals surface area contributed by atoms with Crippen LogP contribution in [0.1, 0.15) is 27.5 Å². The fourth-order valence-corrected chi connectivity index (χ4v) is 3.98. The van der Waals surface area contributed by atoms with Crippen LogP contribution in [0.15, 0.2) is 66.7 Å². The van der Waals surface area contributed by atoms with Gasteiger partial charge < -0.3 is 0 Å². The van der Waals surface area contributed by atoms with Crippen molar-refractivity contribution in [1.82, 2.24) is 4.90 Å². The molecular weight excluding hydrogens is 415 g/mol. The van der Waals surface area contributed by atoms with E-state index in [4.69, 9.17) is 23.2 Å². The van der Waals surface area contributed by atoms with Gasteiger partial charge >= 0.3 is 0 Å². The minimum atomic E-state index is -0.746. The van der Waals surface area contributed by atoms with E-state index < -0.39 is 11.6 Å². The van der Waals surface area contributed by atoms with Crippen LogP contribution in [-0.2, 0) is 0 Å². The van der Waals surface area contributed by atoms with Gasteiger partial charge in [-0.2, -0.15) is 0 Å².